The lowest BCUT2D eigenvalue weighted by Crippen LogP contribution is -2.38. The number of carbonyl (C=O) groups is 1. The summed E-state index contributed by atoms with van der Waals surface area (Å²) >= 11 is 0. The van der Waals surface area contributed by atoms with Gasteiger partial charge in [-0.3, -0.25) is 4.79 Å². The summed E-state index contributed by atoms with van der Waals surface area (Å²) < 4.78 is 60.1. The minimum absolute atomic E-state index is 0.0148. The molecule has 0 fully saturated rings. The number of amides is 1. The Morgan fingerprint density at radius 2 is 1.87 bits per heavy atom. The molecule has 0 saturated carbocycles. The highest BCUT2D eigenvalue weighted by molar-refractivity contribution is 7.91. The van der Waals surface area contributed by atoms with Crippen molar-refractivity contribution in [1.29, 1.82) is 0 Å². The van der Waals surface area contributed by atoms with Crippen LogP contribution in [-0.4, -0.2) is 32.0 Å². The zero-order chi connectivity index (χ0) is 17.8. The van der Waals surface area contributed by atoms with Crippen molar-refractivity contribution in [3.63, 3.8) is 0 Å². The van der Waals surface area contributed by atoms with Crippen molar-refractivity contribution >= 4 is 21.4 Å². The van der Waals surface area contributed by atoms with E-state index in [1.54, 1.807) is 0 Å². The predicted molar refractivity (Wildman–Crippen MR) is 80.1 cm³/mol. The van der Waals surface area contributed by atoms with Crippen molar-refractivity contribution in [1.82, 2.24) is 0 Å². The number of carbonyl (C=O) groups excluding carboxylic acids is 1. The fourth-order valence-corrected chi connectivity index (χ4v) is 2.26. The summed E-state index contributed by atoms with van der Waals surface area (Å²) in [6.07, 6.45) is -3.61. The van der Waals surface area contributed by atoms with Gasteiger partial charge in [0.25, 0.3) is 0 Å². The third-order valence-electron chi connectivity index (χ3n) is 3.11. The number of anilines is 1. The van der Waals surface area contributed by atoms with Crippen LogP contribution in [0.15, 0.2) is 24.3 Å². The minimum atomic E-state index is -4.52. The van der Waals surface area contributed by atoms with Gasteiger partial charge in [0.1, 0.15) is 5.37 Å². The number of halogens is 3. The number of nitrogens with two attached hydrogens (primary N) is 2. The molecule has 1 amide bonds. The fraction of sp³-hybridized carbons (Fsp3) is 0.462. The number of hydrogen-bond donors (Lipinski definition) is 3. The van der Waals surface area contributed by atoms with Crippen LogP contribution >= 0.6 is 0 Å². The molecule has 0 bridgehead atoms. The van der Waals surface area contributed by atoms with Crippen LogP contribution in [0.3, 0.4) is 0 Å². The van der Waals surface area contributed by atoms with E-state index in [1.807, 2.05) is 0 Å². The summed E-state index contributed by atoms with van der Waals surface area (Å²) in [6.45, 7) is 0. The van der Waals surface area contributed by atoms with E-state index in [0.29, 0.717) is 0 Å². The maximum absolute atomic E-state index is 12.6. The first kappa shape index (κ1) is 19.4. The summed E-state index contributed by atoms with van der Waals surface area (Å²) in [5, 5.41) is 1.12. The molecule has 6 nitrogen and oxygen atoms in total. The van der Waals surface area contributed by atoms with Crippen molar-refractivity contribution < 1.29 is 26.4 Å². The second-order valence-electron chi connectivity index (χ2n) is 5.12. The van der Waals surface area contributed by atoms with Gasteiger partial charge in [-0.25, -0.2) is 8.42 Å². The predicted octanol–water partition coefficient (Wildman–Crippen LogP) is 1.08. The number of benzene rings is 1. The van der Waals surface area contributed by atoms with Gasteiger partial charge in [-0.15, -0.1) is 0 Å². The molecule has 5 N–H and O–H groups in total. The molecular weight excluding hydrogens is 335 g/mol. The lowest BCUT2D eigenvalue weighted by Gasteiger charge is -2.15. The molecule has 0 aliphatic carbocycles. The lowest BCUT2D eigenvalue weighted by molar-refractivity contribution is -0.137. The summed E-state index contributed by atoms with van der Waals surface area (Å²) in [6, 6.07) is 3.02. The summed E-state index contributed by atoms with van der Waals surface area (Å²) in [7, 11) is -3.44. The zero-order valence-corrected chi connectivity index (χ0v) is 13.1. The van der Waals surface area contributed by atoms with Crippen molar-refractivity contribution in [2.45, 2.75) is 30.4 Å². The largest absolute Gasteiger partial charge is 0.416 e. The van der Waals surface area contributed by atoms with Gasteiger partial charge >= 0.3 is 6.18 Å². The van der Waals surface area contributed by atoms with E-state index >= 15 is 0 Å². The maximum atomic E-state index is 12.6. The van der Waals surface area contributed by atoms with Gasteiger partial charge in [0.2, 0.25) is 5.91 Å². The molecule has 0 radical (unpaired) electrons. The number of rotatable bonds is 6. The smallest absolute Gasteiger partial charge is 0.325 e. The summed E-state index contributed by atoms with van der Waals surface area (Å²) in [4.78, 5) is 11.8. The van der Waals surface area contributed by atoms with Crippen LogP contribution in [0, 0.1) is 0 Å². The highest BCUT2D eigenvalue weighted by Gasteiger charge is 2.30. The zero-order valence-electron chi connectivity index (χ0n) is 12.3. The maximum Gasteiger partial charge on any atom is 0.416 e. The van der Waals surface area contributed by atoms with Crippen LogP contribution in [0.4, 0.5) is 18.9 Å². The van der Waals surface area contributed by atoms with E-state index in [2.05, 4.69) is 5.32 Å². The first-order valence-corrected chi connectivity index (χ1v) is 8.55. The van der Waals surface area contributed by atoms with Gasteiger partial charge < -0.3 is 16.8 Å². The summed E-state index contributed by atoms with van der Waals surface area (Å²) in [5.41, 5.74) is 10.1. The molecular formula is C13H18F3N3O3S. The number of hydrogen-bond acceptors (Lipinski definition) is 5. The number of sulfone groups is 1. The van der Waals surface area contributed by atoms with Gasteiger partial charge in [-0.05, 0) is 31.0 Å². The molecule has 1 unspecified atom stereocenters. The van der Waals surface area contributed by atoms with Crippen LogP contribution in [0.1, 0.15) is 18.4 Å². The van der Waals surface area contributed by atoms with Gasteiger partial charge in [-0.1, -0.05) is 6.07 Å². The standard InChI is InChI=1S/C13H18F3N3O3S/c1-23(21,22)11(18)6-5-10(17)12(20)19-9-4-2-3-8(7-9)13(14,15)16/h2-4,7,10-11H,5-6,17-18H2,1H3,(H,19,20)/t10-,11?/m0/s1. The molecule has 1 aromatic carbocycles. The van der Waals surface area contributed by atoms with Gasteiger partial charge in [0, 0.05) is 11.9 Å². The van der Waals surface area contributed by atoms with Crippen molar-refractivity contribution in [3.8, 4) is 0 Å². The quantitative estimate of drug-likeness (QED) is 0.708. The monoisotopic (exact) mass is 353 g/mol. The van der Waals surface area contributed by atoms with Crippen LogP contribution in [0.2, 0.25) is 0 Å². The molecule has 0 aliphatic rings. The molecule has 0 spiro atoms. The van der Waals surface area contributed by atoms with Gasteiger partial charge in [0.15, 0.2) is 9.84 Å². The number of alkyl halides is 3. The molecule has 0 aromatic heterocycles. The molecule has 2 atom stereocenters. The Balaban J connectivity index is 2.66. The molecule has 0 aliphatic heterocycles. The molecule has 10 heteroatoms. The molecule has 130 valence electrons. The van der Waals surface area contributed by atoms with E-state index in [1.165, 1.54) is 6.07 Å². The van der Waals surface area contributed by atoms with E-state index in [0.717, 1.165) is 24.5 Å². The summed E-state index contributed by atoms with van der Waals surface area (Å²) in [5.74, 6) is -0.718. The molecule has 1 rings (SSSR count). The molecule has 0 saturated heterocycles. The second-order valence-corrected chi connectivity index (χ2v) is 7.38. The van der Waals surface area contributed by atoms with Crippen molar-refractivity contribution in [2.75, 3.05) is 11.6 Å². The van der Waals surface area contributed by atoms with Gasteiger partial charge in [0.05, 0.1) is 11.6 Å². The van der Waals surface area contributed by atoms with Crippen LogP contribution in [-0.2, 0) is 20.8 Å². The first-order valence-electron chi connectivity index (χ1n) is 6.59. The van der Waals surface area contributed by atoms with Crippen LogP contribution in [0.5, 0.6) is 0 Å². The van der Waals surface area contributed by atoms with Crippen LogP contribution < -0.4 is 16.8 Å². The highest BCUT2D eigenvalue weighted by atomic mass is 32.2. The van der Waals surface area contributed by atoms with Gasteiger partial charge in [-0.2, -0.15) is 13.2 Å². The SMILES string of the molecule is CS(=O)(=O)C(N)CC[C@H](N)C(=O)Nc1cccc(C(F)(F)F)c1. The van der Waals surface area contributed by atoms with E-state index in [-0.39, 0.29) is 18.5 Å². The van der Waals surface area contributed by atoms with E-state index in [9.17, 15) is 26.4 Å². The minimum Gasteiger partial charge on any atom is -0.325 e. The lowest BCUT2D eigenvalue weighted by atomic mass is 10.1. The molecule has 1 aromatic rings. The average molecular weight is 353 g/mol. The third kappa shape index (κ3) is 6.16. The average Bonchev–Trinajstić information content (AvgIpc) is 2.42. The Labute approximate surface area is 131 Å². The highest BCUT2D eigenvalue weighted by Crippen LogP contribution is 2.30. The first-order chi connectivity index (χ1) is 10.4. The Morgan fingerprint density at radius 3 is 2.39 bits per heavy atom. The molecule has 0 heterocycles. The van der Waals surface area contributed by atoms with E-state index in [4.69, 9.17) is 11.5 Å². The fourth-order valence-electron chi connectivity index (χ4n) is 1.70. The van der Waals surface area contributed by atoms with Crippen molar-refractivity contribution in [3.05, 3.63) is 29.8 Å². The van der Waals surface area contributed by atoms with E-state index < -0.39 is 38.9 Å². The number of nitrogens with one attached hydrogen (secondary N) is 1. The van der Waals surface area contributed by atoms with Crippen LogP contribution in [0.25, 0.3) is 0 Å². The topological polar surface area (TPSA) is 115 Å². The normalized spacial score (nSPS) is 15.0. The van der Waals surface area contributed by atoms with Crippen molar-refractivity contribution in [2.24, 2.45) is 11.5 Å². The molecule has 23 heavy (non-hydrogen) atoms. The Kier molecular flexibility index (Phi) is 6.14. The third-order valence-corrected chi connectivity index (χ3v) is 4.44. The Morgan fingerprint density at radius 1 is 1.26 bits per heavy atom. The second kappa shape index (κ2) is 7.28. The Bertz CT molecular complexity index is 662. The Hall–Kier alpha value is -1.65.